The van der Waals surface area contributed by atoms with Crippen molar-refractivity contribution in [2.45, 2.75) is 6.42 Å². The lowest BCUT2D eigenvalue weighted by Crippen LogP contribution is -2.26. The van der Waals surface area contributed by atoms with Crippen molar-refractivity contribution in [2.24, 2.45) is 5.92 Å². The van der Waals surface area contributed by atoms with E-state index in [-0.39, 0.29) is 24.9 Å². The first-order valence-corrected chi connectivity index (χ1v) is 6.40. The zero-order valence-corrected chi connectivity index (χ0v) is 11.4. The second kappa shape index (κ2) is 4.79. The molecular weight excluding hydrogens is 284 g/mol. The molecule has 1 aliphatic heterocycles. The first kappa shape index (κ1) is 12.9. The predicted molar refractivity (Wildman–Crippen MR) is 71.5 cm³/mol. The Balaban J connectivity index is 1.91. The maximum absolute atomic E-state index is 11.9. The van der Waals surface area contributed by atoms with E-state index >= 15 is 0 Å². The van der Waals surface area contributed by atoms with Crippen LogP contribution < -0.4 is 4.90 Å². The van der Waals surface area contributed by atoms with Crippen molar-refractivity contribution in [3.05, 3.63) is 23.2 Å². The number of oxazole rings is 1. The molecule has 1 aromatic heterocycles. The number of benzene rings is 1. The topological polar surface area (TPSA) is 72.6 Å². The van der Waals surface area contributed by atoms with Gasteiger partial charge in [0, 0.05) is 18.0 Å². The second-order valence-corrected chi connectivity index (χ2v) is 4.97. The number of amides is 1. The van der Waals surface area contributed by atoms with E-state index in [4.69, 9.17) is 16.0 Å². The normalized spacial score (nSPS) is 18.8. The Bertz CT molecular complexity index is 697. The summed E-state index contributed by atoms with van der Waals surface area (Å²) in [5, 5.41) is 0.539. The average Bonchev–Trinajstić information content (AvgIpc) is 3.00. The minimum Gasteiger partial charge on any atom is -0.469 e. The van der Waals surface area contributed by atoms with Gasteiger partial charge in [-0.05, 0) is 18.2 Å². The number of methoxy groups -OCH3 is 1. The lowest BCUT2D eigenvalue weighted by atomic mass is 10.1. The maximum Gasteiger partial charge on any atom is 0.311 e. The number of hydrogen-bond acceptors (Lipinski definition) is 5. The minimum atomic E-state index is -0.480. The van der Waals surface area contributed by atoms with E-state index in [2.05, 4.69) is 9.72 Å². The molecule has 0 aliphatic carbocycles. The third-order valence-corrected chi connectivity index (χ3v) is 3.46. The van der Waals surface area contributed by atoms with Gasteiger partial charge < -0.3 is 9.15 Å². The number of halogens is 1. The number of aromatic nitrogens is 1. The van der Waals surface area contributed by atoms with E-state index in [1.165, 1.54) is 12.0 Å². The van der Waals surface area contributed by atoms with Crippen LogP contribution in [0, 0.1) is 5.92 Å². The number of carbonyl (C=O) groups excluding carboxylic acids is 2. The van der Waals surface area contributed by atoms with Gasteiger partial charge in [0.2, 0.25) is 5.91 Å². The highest BCUT2D eigenvalue weighted by molar-refractivity contribution is 6.31. The molecule has 1 atom stereocenters. The fourth-order valence-corrected chi connectivity index (χ4v) is 2.39. The third-order valence-electron chi connectivity index (χ3n) is 3.23. The van der Waals surface area contributed by atoms with Gasteiger partial charge in [0.25, 0.3) is 0 Å². The number of rotatable bonds is 2. The van der Waals surface area contributed by atoms with Gasteiger partial charge in [0.15, 0.2) is 5.58 Å². The number of nitrogens with zero attached hydrogens (tertiary/aromatic N) is 2. The molecule has 1 aliphatic rings. The van der Waals surface area contributed by atoms with Gasteiger partial charge in [-0.2, -0.15) is 4.98 Å². The number of anilines is 1. The SMILES string of the molecule is COC(=O)C1CC(=O)N(c2nc3cc(Cl)ccc3o2)C1. The summed E-state index contributed by atoms with van der Waals surface area (Å²) in [7, 11) is 1.30. The Morgan fingerprint density at radius 2 is 2.35 bits per heavy atom. The molecule has 1 saturated heterocycles. The summed E-state index contributed by atoms with van der Waals surface area (Å²) in [5.41, 5.74) is 1.11. The van der Waals surface area contributed by atoms with Crippen molar-refractivity contribution >= 4 is 40.6 Å². The number of ether oxygens (including phenoxy) is 1. The smallest absolute Gasteiger partial charge is 0.311 e. The maximum atomic E-state index is 11.9. The Labute approximate surface area is 119 Å². The highest BCUT2D eigenvalue weighted by Crippen LogP contribution is 2.29. The Hall–Kier alpha value is -2.08. The zero-order valence-electron chi connectivity index (χ0n) is 10.6. The Morgan fingerprint density at radius 3 is 3.10 bits per heavy atom. The molecule has 7 heteroatoms. The molecule has 20 heavy (non-hydrogen) atoms. The van der Waals surface area contributed by atoms with E-state index in [0.717, 1.165) is 0 Å². The number of fused-ring (bicyclic) bond motifs is 1. The average molecular weight is 295 g/mol. The largest absolute Gasteiger partial charge is 0.469 e. The molecule has 1 fully saturated rings. The zero-order chi connectivity index (χ0) is 14.3. The van der Waals surface area contributed by atoms with Crippen LogP contribution in [-0.2, 0) is 14.3 Å². The summed E-state index contributed by atoms with van der Waals surface area (Å²) in [5.74, 6) is -1.09. The molecule has 0 saturated carbocycles. The van der Waals surface area contributed by atoms with Gasteiger partial charge in [-0.15, -0.1) is 0 Å². The van der Waals surface area contributed by atoms with Crippen molar-refractivity contribution in [3.8, 4) is 0 Å². The van der Waals surface area contributed by atoms with Crippen LogP contribution in [0.3, 0.4) is 0 Å². The van der Waals surface area contributed by atoms with Crippen molar-refractivity contribution in [1.29, 1.82) is 0 Å². The first-order chi connectivity index (χ1) is 9.58. The minimum absolute atomic E-state index is 0.103. The van der Waals surface area contributed by atoms with E-state index in [0.29, 0.717) is 16.1 Å². The van der Waals surface area contributed by atoms with Crippen molar-refractivity contribution < 1.29 is 18.7 Å². The van der Waals surface area contributed by atoms with Crippen molar-refractivity contribution in [2.75, 3.05) is 18.6 Å². The molecule has 1 unspecified atom stereocenters. The van der Waals surface area contributed by atoms with Crippen molar-refractivity contribution in [3.63, 3.8) is 0 Å². The monoisotopic (exact) mass is 294 g/mol. The molecule has 2 heterocycles. The van der Waals surface area contributed by atoms with Crippen LogP contribution in [0.5, 0.6) is 0 Å². The Kier molecular flexibility index (Phi) is 3.10. The molecule has 2 aromatic rings. The van der Waals surface area contributed by atoms with Crippen LogP contribution in [0.2, 0.25) is 5.02 Å². The summed E-state index contributed by atoms with van der Waals surface area (Å²) < 4.78 is 10.2. The van der Waals surface area contributed by atoms with Crippen molar-refractivity contribution in [1.82, 2.24) is 4.98 Å². The van der Waals surface area contributed by atoms with Gasteiger partial charge in [0.05, 0.1) is 13.0 Å². The molecule has 3 rings (SSSR count). The predicted octanol–water partition coefficient (Wildman–Crippen LogP) is 2.01. The number of hydrogen-bond donors (Lipinski definition) is 0. The van der Waals surface area contributed by atoms with Gasteiger partial charge in [-0.3, -0.25) is 14.5 Å². The second-order valence-electron chi connectivity index (χ2n) is 4.54. The summed E-state index contributed by atoms with van der Waals surface area (Å²) in [4.78, 5) is 29.0. The number of carbonyl (C=O) groups is 2. The van der Waals surface area contributed by atoms with E-state index in [9.17, 15) is 9.59 Å². The fourth-order valence-electron chi connectivity index (χ4n) is 2.22. The van der Waals surface area contributed by atoms with E-state index in [1.807, 2.05) is 0 Å². The fraction of sp³-hybridized carbons (Fsp3) is 0.308. The third kappa shape index (κ3) is 2.12. The highest BCUT2D eigenvalue weighted by atomic mass is 35.5. The summed E-state index contributed by atoms with van der Waals surface area (Å²) in [6.07, 6.45) is 0.103. The summed E-state index contributed by atoms with van der Waals surface area (Å²) >= 11 is 5.88. The quantitative estimate of drug-likeness (QED) is 0.792. The lowest BCUT2D eigenvalue weighted by Gasteiger charge is -2.10. The van der Waals surface area contributed by atoms with Gasteiger partial charge in [0.1, 0.15) is 5.52 Å². The molecule has 0 bridgehead atoms. The van der Waals surface area contributed by atoms with Gasteiger partial charge in [-0.1, -0.05) is 11.6 Å². The molecule has 6 nitrogen and oxygen atoms in total. The lowest BCUT2D eigenvalue weighted by molar-refractivity contribution is -0.145. The molecular formula is C13H11ClN2O4. The van der Waals surface area contributed by atoms with Crippen LogP contribution in [0.15, 0.2) is 22.6 Å². The van der Waals surface area contributed by atoms with E-state index < -0.39 is 11.9 Å². The first-order valence-electron chi connectivity index (χ1n) is 6.03. The molecule has 0 N–H and O–H groups in total. The molecule has 0 spiro atoms. The van der Waals surface area contributed by atoms with Gasteiger partial charge in [-0.25, -0.2) is 0 Å². The number of esters is 1. The van der Waals surface area contributed by atoms with Gasteiger partial charge >= 0.3 is 12.0 Å². The van der Waals surface area contributed by atoms with Crippen LogP contribution >= 0.6 is 11.6 Å². The summed E-state index contributed by atoms with van der Waals surface area (Å²) in [6.45, 7) is 0.214. The molecule has 1 amide bonds. The summed E-state index contributed by atoms with van der Waals surface area (Å²) in [6, 6.07) is 5.20. The van der Waals surface area contributed by atoms with E-state index in [1.54, 1.807) is 18.2 Å². The Morgan fingerprint density at radius 1 is 1.55 bits per heavy atom. The molecule has 104 valence electrons. The van der Waals surface area contributed by atoms with Crippen LogP contribution in [0.4, 0.5) is 6.01 Å². The molecule has 0 radical (unpaired) electrons. The van der Waals surface area contributed by atoms with Crippen LogP contribution in [-0.4, -0.2) is 30.5 Å². The van der Waals surface area contributed by atoms with Crippen LogP contribution in [0.25, 0.3) is 11.1 Å². The van der Waals surface area contributed by atoms with Crippen LogP contribution in [0.1, 0.15) is 6.42 Å². The highest BCUT2D eigenvalue weighted by Gasteiger charge is 2.38. The standard InChI is InChI=1S/C13H11ClN2O4/c1-19-12(18)7-4-11(17)16(6-7)13-15-9-5-8(14)2-3-10(9)20-13/h2-3,5,7H,4,6H2,1H3. The molecule has 1 aromatic carbocycles.